The van der Waals surface area contributed by atoms with Crippen LogP contribution >= 0.6 is 22.7 Å². The SMILES string of the molecule is CCCCCCc1ccc(-c2cnc3c(c2)C(=O)c2cc(-c4ccc(CCCCCC)s4)cnc2-3)s1. The third kappa shape index (κ3) is 5.37. The van der Waals surface area contributed by atoms with Crippen molar-refractivity contribution in [3.05, 3.63) is 69.7 Å². The third-order valence-corrected chi connectivity index (χ3v) is 9.32. The van der Waals surface area contributed by atoms with Gasteiger partial charge in [-0.25, -0.2) is 0 Å². The predicted octanol–water partition coefficient (Wildman–Crippen LogP) is 9.39. The molecule has 0 bridgehead atoms. The van der Waals surface area contributed by atoms with E-state index in [2.05, 4.69) is 38.1 Å². The van der Waals surface area contributed by atoms with E-state index in [-0.39, 0.29) is 5.78 Å². The van der Waals surface area contributed by atoms with Crippen LogP contribution in [0.3, 0.4) is 0 Å². The van der Waals surface area contributed by atoms with Gasteiger partial charge < -0.3 is 0 Å². The number of carbonyl (C=O) groups excluding carboxylic acids is 1. The summed E-state index contributed by atoms with van der Waals surface area (Å²) < 4.78 is 0. The van der Waals surface area contributed by atoms with Gasteiger partial charge in [-0.05, 0) is 62.1 Å². The Bertz CT molecular complexity index is 1250. The van der Waals surface area contributed by atoms with E-state index in [1.54, 1.807) is 0 Å². The molecule has 0 saturated carbocycles. The molecule has 4 heterocycles. The van der Waals surface area contributed by atoms with Crippen molar-refractivity contribution < 1.29 is 4.79 Å². The molecule has 5 heteroatoms. The fourth-order valence-corrected chi connectivity index (χ4v) is 6.92. The van der Waals surface area contributed by atoms with Gasteiger partial charge in [0.05, 0.1) is 11.1 Å². The van der Waals surface area contributed by atoms with E-state index in [1.807, 2.05) is 47.2 Å². The van der Waals surface area contributed by atoms with Gasteiger partial charge in [0.15, 0.2) is 5.78 Å². The van der Waals surface area contributed by atoms with Crippen molar-refractivity contribution in [3.63, 3.8) is 0 Å². The number of ketones is 1. The predicted molar refractivity (Wildman–Crippen MR) is 153 cm³/mol. The number of aromatic nitrogens is 2. The highest BCUT2D eigenvalue weighted by atomic mass is 32.1. The molecular formula is C31H34N2OS2. The van der Waals surface area contributed by atoms with Crippen LogP contribution in [0.25, 0.3) is 32.3 Å². The van der Waals surface area contributed by atoms with Crippen LogP contribution in [0, 0.1) is 0 Å². The van der Waals surface area contributed by atoms with Crippen LogP contribution in [0.4, 0.5) is 0 Å². The van der Waals surface area contributed by atoms with Crippen LogP contribution in [0.15, 0.2) is 48.8 Å². The molecule has 5 rings (SSSR count). The maximum absolute atomic E-state index is 13.4. The molecular weight excluding hydrogens is 480 g/mol. The van der Waals surface area contributed by atoms with E-state index in [1.165, 1.54) is 70.9 Å². The molecule has 0 atom stereocenters. The molecule has 1 aliphatic carbocycles. The van der Waals surface area contributed by atoms with Crippen LogP contribution < -0.4 is 0 Å². The van der Waals surface area contributed by atoms with E-state index in [9.17, 15) is 4.79 Å². The van der Waals surface area contributed by atoms with Gasteiger partial charge in [0.25, 0.3) is 0 Å². The van der Waals surface area contributed by atoms with Crippen molar-refractivity contribution in [1.29, 1.82) is 0 Å². The quantitative estimate of drug-likeness (QED) is 0.156. The normalized spacial score (nSPS) is 12.2. The standard InChI is InChI=1S/C31H34N2OS2/c1-3-5-7-9-11-23-13-15-27(35-23)21-17-25-29(32-19-21)30-26(31(25)34)18-22(20-33-30)28-16-14-24(36-28)12-10-8-6-4-2/h13-20H,3-12H2,1-2H3. The van der Waals surface area contributed by atoms with Crippen LogP contribution in [0.1, 0.15) is 90.9 Å². The average Bonchev–Trinajstić information content (AvgIpc) is 3.63. The van der Waals surface area contributed by atoms with Gasteiger partial charge >= 0.3 is 0 Å². The van der Waals surface area contributed by atoms with Crippen molar-refractivity contribution >= 4 is 28.5 Å². The topological polar surface area (TPSA) is 42.9 Å². The maximum atomic E-state index is 13.4. The van der Waals surface area contributed by atoms with E-state index < -0.39 is 0 Å². The Morgan fingerprint density at radius 1 is 0.639 bits per heavy atom. The third-order valence-electron chi connectivity index (χ3n) is 6.93. The summed E-state index contributed by atoms with van der Waals surface area (Å²) in [5, 5.41) is 0. The molecule has 0 fully saturated rings. The second-order valence-corrected chi connectivity index (χ2v) is 12.1. The highest BCUT2D eigenvalue weighted by Gasteiger charge is 2.30. The van der Waals surface area contributed by atoms with Crippen molar-refractivity contribution in [1.82, 2.24) is 9.97 Å². The number of nitrogens with zero attached hydrogens (tertiary/aromatic N) is 2. The zero-order chi connectivity index (χ0) is 24.9. The van der Waals surface area contributed by atoms with Gasteiger partial charge in [-0.3, -0.25) is 14.8 Å². The highest BCUT2D eigenvalue weighted by molar-refractivity contribution is 7.15. The Hall–Kier alpha value is -2.63. The Labute approximate surface area is 222 Å². The van der Waals surface area contributed by atoms with Gasteiger partial charge in [-0.15, -0.1) is 22.7 Å². The van der Waals surface area contributed by atoms with E-state index >= 15 is 0 Å². The second kappa shape index (κ2) is 11.6. The fraction of sp³-hybridized carbons (Fsp3) is 0.387. The van der Waals surface area contributed by atoms with Crippen molar-refractivity contribution in [2.75, 3.05) is 0 Å². The molecule has 4 aromatic heterocycles. The van der Waals surface area contributed by atoms with Crippen molar-refractivity contribution in [2.24, 2.45) is 0 Å². The molecule has 3 nitrogen and oxygen atoms in total. The van der Waals surface area contributed by atoms with Crippen LogP contribution in [0.5, 0.6) is 0 Å². The molecule has 0 spiro atoms. The van der Waals surface area contributed by atoms with Gasteiger partial charge in [-0.2, -0.15) is 0 Å². The number of carbonyl (C=O) groups is 1. The first-order chi connectivity index (χ1) is 17.7. The van der Waals surface area contributed by atoms with Crippen LogP contribution in [-0.2, 0) is 12.8 Å². The molecule has 4 aromatic rings. The number of pyridine rings is 2. The number of rotatable bonds is 12. The molecule has 0 N–H and O–H groups in total. The first-order valence-corrected chi connectivity index (χ1v) is 15.0. The first kappa shape index (κ1) is 25.0. The lowest BCUT2D eigenvalue weighted by molar-refractivity contribution is 0.104. The van der Waals surface area contributed by atoms with Crippen LogP contribution in [0.2, 0.25) is 0 Å². The average molecular weight is 515 g/mol. The van der Waals surface area contributed by atoms with Crippen molar-refractivity contribution in [2.45, 2.75) is 78.1 Å². The summed E-state index contributed by atoms with van der Waals surface area (Å²) in [6.07, 6.45) is 16.2. The summed E-state index contributed by atoms with van der Waals surface area (Å²) in [6, 6.07) is 12.8. The molecule has 0 aliphatic heterocycles. The number of hydrogen-bond acceptors (Lipinski definition) is 5. The van der Waals surface area contributed by atoms with Crippen LogP contribution in [-0.4, -0.2) is 15.8 Å². The molecule has 36 heavy (non-hydrogen) atoms. The lowest BCUT2D eigenvalue weighted by atomic mass is 10.1. The Balaban J connectivity index is 1.32. The van der Waals surface area contributed by atoms with E-state index in [0.29, 0.717) is 22.5 Å². The van der Waals surface area contributed by atoms with Gasteiger partial charge in [0.2, 0.25) is 0 Å². The Morgan fingerprint density at radius 2 is 1.11 bits per heavy atom. The summed E-state index contributed by atoms with van der Waals surface area (Å²) in [6.45, 7) is 4.49. The highest BCUT2D eigenvalue weighted by Crippen LogP contribution is 2.39. The largest absolute Gasteiger partial charge is 0.288 e. The molecule has 0 amide bonds. The van der Waals surface area contributed by atoms with Gasteiger partial charge in [0, 0.05) is 43.0 Å². The second-order valence-electron chi connectivity index (χ2n) is 9.72. The smallest absolute Gasteiger partial charge is 0.197 e. The van der Waals surface area contributed by atoms with Crippen molar-refractivity contribution in [3.8, 4) is 32.3 Å². The number of hydrogen-bond donors (Lipinski definition) is 0. The Morgan fingerprint density at radius 3 is 1.56 bits per heavy atom. The molecule has 0 unspecified atom stereocenters. The summed E-state index contributed by atoms with van der Waals surface area (Å²) in [7, 11) is 0. The molecule has 0 radical (unpaired) electrons. The first-order valence-electron chi connectivity index (χ1n) is 13.4. The minimum Gasteiger partial charge on any atom is -0.288 e. The summed E-state index contributed by atoms with van der Waals surface area (Å²) in [5.74, 6) is 0.0383. The number of thiophene rings is 2. The monoisotopic (exact) mass is 514 g/mol. The number of fused-ring (bicyclic) bond motifs is 3. The molecule has 0 aromatic carbocycles. The zero-order valence-electron chi connectivity index (χ0n) is 21.3. The minimum atomic E-state index is 0.0383. The van der Waals surface area contributed by atoms with Gasteiger partial charge in [0.1, 0.15) is 11.4 Å². The fourth-order valence-electron chi connectivity index (χ4n) is 4.85. The summed E-state index contributed by atoms with van der Waals surface area (Å²) >= 11 is 3.64. The van der Waals surface area contributed by atoms with E-state index in [0.717, 1.165) is 24.0 Å². The molecule has 186 valence electrons. The molecule has 1 aliphatic rings. The summed E-state index contributed by atoms with van der Waals surface area (Å²) in [5.41, 5.74) is 4.81. The lowest BCUT2D eigenvalue weighted by Crippen LogP contribution is -1.96. The number of aryl methyl sites for hydroxylation is 2. The maximum Gasteiger partial charge on any atom is 0.197 e. The van der Waals surface area contributed by atoms with Gasteiger partial charge in [-0.1, -0.05) is 52.4 Å². The summed E-state index contributed by atoms with van der Waals surface area (Å²) in [4.78, 5) is 28.0. The Kier molecular flexibility index (Phi) is 8.08. The molecule has 0 saturated heterocycles. The minimum absolute atomic E-state index is 0.0383. The van der Waals surface area contributed by atoms with E-state index in [4.69, 9.17) is 9.97 Å². The number of unbranched alkanes of at least 4 members (excludes halogenated alkanes) is 6. The lowest BCUT2D eigenvalue weighted by Gasteiger charge is -2.02. The zero-order valence-corrected chi connectivity index (χ0v) is 22.9.